The van der Waals surface area contributed by atoms with E-state index in [0.717, 1.165) is 21.1 Å². The summed E-state index contributed by atoms with van der Waals surface area (Å²) in [4.78, 5) is 29.3. The molecule has 0 aliphatic carbocycles. The van der Waals surface area contributed by atoms with Gasteiger partial charge in [-0.2, -0.15) is 0 Å². The maximum Gasteiger partial charge on any atom is 0.339 e. The van der Waals surface area contributed by atoms with Gasteiger partial charge in [-0.25, -0.2) is 9.78 Å². The van der Waals surface area contributed by atoms with Gasteiger partial charge in [0.15, 0.2) is 5.76 Å². The molecule has 1 unspecified atom stereocenters. The molecule has 1 amide bonds. The minimum absolute atomic E-state index is 0.00144. The molecule has 0 fully saturated rings. The molecule has 0 bridgehead atoms. The van der Waals surface area contributed by atoms with Crippen LogP contribution in [-0.4, -0.2) is 22.0 Å². The number of amides is 1. The molecule has 0 aliphatic rings. The third-order valence-electron chi connectivity index (χ3n) is 4.18. The van der Waals surface area contributed by atoms with Crippen LogP contribution in [0.5, 0.6) is 0 Å². The van der Waals surface area contributed by atoms with Gasteiger partial charge < -0.3 is 14.8 Å². The van der Waals surface area contributed by atoms with Gasteiger partial charge in [0.05, 0.1) is 16.6 Å². The number of carboxylic acid groups (broad SMARTS) is 1. The summed E-state index contributed by atoms with van der Waals surface area (Å²) in [5.41, 5.74) is 1.90. The van der Waals surface area contributed by atoms with E-state index in [4.69, 9.17) is 4.42 Å². The maximum atomic E-state index is 12.5. The van der Waals surface area contributed by atoms with Crippen LogP contribution in [0.2, 0.25) is 0 Å². The first-order valence-electron chi connectivity index (χ1n) is 8.60. The largest absolute Gasteiger partial charge is 0.478 e. The Morgan fingerprint density at radius 1 is 1.30 bits per heavy atom. The zero-order valence-corrected chi connectivity index (χ0v) is 16.1. The summed E-state index contributed by atoms with van der Waals surface area (Å²) in [5.74, 6) is -1.26. The molecule has 1 atom stereocenters. The van der Waals surface area contributed by atoms with Gasteiger partial charge in [-0.3, -0.25) is 4.79 Å². The number of carboxylic acids is 1. The predicted octanol–water partition coefficient (Wildman–Crippen LogP) is 4.46. The van der Waals surface area contributed by atoms with E-state index in [9.17, 15) is 14.7 Å². The molecule has 7 heteroatoms. The molecule has 6 nitrogen and oxygen atoms in total. The van der Waals surface area contributed by atoms with Crippen LogP contribution in [0.3, 0.4) is 0 Å². The number of nitrogens with zero attached hydrogens (tertiary/aromatic N) is 1. The van der Waals surface area contributed by atoms with E-state index < -0.39 is 11.9 Å². The lowest BCUT2D eigenvalue weighted by Crippen LogP contribution is -2.26. The first-order chi connectivity index (χ1) is 12.9. The van der Waals surface area contributed by atoms with Gasteiger partial charge in [0.2, 0.25) is 0 Å². The highest BCUT2D eigenvalue weighted by Crippen LogP contribution is 2.31. The molecule has 0 aliphatic heterocycles. The molecule has 0 saturated carbocycles. The van der Waals surface area contributed by atoms with Crippen LogP contribution >= 0.6 is 11.3 Å². The number of benzene rings is 1. The van der Waals surface area contributed by atoms with Gasteiger partial charge in [-0.15, -0.1) is 11.3 Å². The maximum absolute atomic E-state index is 12.5. The number of carbonyl (C=O) groups is 2. The number of carbonyl (C=O) groups excluding carboxylic acids is 1. The normalized spacial score (nSPS) is 12.0. The van der Waals surface area contributed by atoms with Crippen LogP contribution in [-0.2, 0) is 6.42 Å². The van der Waals surface area contributed by atoms with Crippen molar-refractivity contribution in [1.82, 2.24) is 10.3 Å². The summed E-state index contributed by atoms with van der Waals surface area (Å²) < 4.78 is 5.42. The number of furan rings is 1. The fourth-order valence-electron chi connectivity index (χ4n) is 2.83. The molecule has 140 valence electrons. The number of hydrogen-bond donors (Lipinski definition) is 2. The van der Waals surface area contributed by atoms with Crippen molar-refractivity contribution < 1.29 is 19.1 Å². The van der Waals surface area contributed by atoms with Crippen molar-refractivity contribution in [3.63, 3.8) is 0 Å². The van der Waals surface area contributed by atoms with E-state index in [1.807, 2.05) is 44.2 Å². The Morgan fingerprint density at radius 2 is 2.00 bits per heavy atom. The van der Waals surface area contributed by atoms with Crippen LogP contribution in [0.15, 0.2) is 40.8 Å². The SMILES string of the molecule is CCc1oc(C(=O)NC(C)c2sc(-c3ccccc3)nc2C)cc1C(=O)O. The van der Waals surface area contributed by atoms with Crippen molar-refractivity contribution in [3.8, 4) is 10.6 Å². The fourth-order valence-corrected chi connectivity index (χ4v) is 3.91. The molecule has 0 radical (unpaired) electrons. The highest BCUT2D eigenvalue weighted by atomic mass is 32.1. The standard InChI is InChI=1S/C20H20N2O4S/c1-4-15-14(20(24)25)10-16(26-15)18(23)21-11(2)17-12(3)22-19(27-17)13-8-6-5-7-9-13/h5-11H,4H2,1-3H3,(H,21,23)(H,24,25). The van der Waals surface area contributed by atoms with Crippen LogP contribution in [0.1, 0.15) is 57.1 Å². The summed E-state index contributed by atoms with van der Waals surface area (Å²) in [5, 5.41) is 13.0. The number of rotatable bonds is 6. The Kier molecular flexibility index (Phi) is 5.41. The second kappa shape index (κ2) is 7.75. The van der Waals surface area contributed by atoms with Gasteiger partial charge in [-0.1, -0.05) is 37.3 Å². The number of aryl methyl sites for hydroxylation is 2. The highest BCUT2D eigenvalue weighted by molar-refractivity contribution is 7.15. The number of thiazole rings is 1. The van der Waals surface area contributed by atoms with E-state index >= 15 is 0 Å². The average Bonchev–Trinajstić information content (AvgIpc) is 3.26. The number of hydrogen-bond acceptors (Lipinski definition) is 5. The Morgan fingerprint density at radius 3 is 2.59 bits per heavy atom. The van der Waals surface area contributed by atoms with E-state index in [1.54, 1.807) is 6.92 Å². The summed E-state index contributed by atoms with van der Waals surface area (Å²) >= 11 is 1.53. The summed E-state index contributed by atoms with van der Waals surface area (Å²) in [7, 11) is 0. The van der Waals surface area contributed by atoms with Crippen molar-refractivity contribution in [2.45, 2.75) is 33.2 Å². The van der Waals surface area contributed by atoms with Gasteiger partial charge >= 0.3 is 5.97 Å². The van der Waals surface area contributed by atoms with Gasteiger partial charge in [0.1, 0.15) is 16.3 Å². The summed E-state index contributed by atoms with van der Waals surface area (Å²) in [6, 6.07) is 10.8. The molecular weight excluding hydrogens is 364 g/mol. The third-order valence-corrected chi connectivity index (χ3v) is 5.57. The molecule has 3 rings (SSSR count). The van der Waals surface area contributed by atoms with Crippen molar-refractivity contribution in [3.05, 3.63) is 64.1 Å². The minimum Gasteiger partial charge on any atom is -0.478 e. The van der Waals surface area contributed by atoms with E-state index in [-0.39, 0.29) is 17.4 Å². The first-order valence-corrected chi connectivity index (χ1v) is 9.42. The highest BCUT2D eigenvalue weighted by Gasteiger charge is 2.23. The average molecular weight is 384 g/mol. The van der Waals surface area contributed by atoms with Gasteiger partial charge in [-0.05, 0) is 13.8 Å². The Balaban J connectivity index is 1.79. The molecule has 27 heavy (non-hydrogen) atoms. The number of aromatic carboxylic acids is 1. The topological polar surface area (TPSA) is 92.4 Å². The molecule has 2 N–H and O–H groups in total. The molecule has 0 spiro atoms. The predicted molar refractivity (Wildman–Crippen MR) is 103 cm³/mol. The lowest BCUT2D eigenvalue weighted by Gasteiger charge is -2.11. The van der Waals surface area contributed by atoms with Crippen LogP contribution in [0, 0.1) is 6.92 Å². The van der Waals surface area contributed by atoms with Crippen LogP contribution < -0.4 is 5.32 Å². The second-order valence-corrected chi connectivity index (χ2v) is 7.17. The summed E-state index contributed by atoms with van der Waals surface area (Å²) in [6.07, 6.45) is 0.402. The monoisotopic (exact) mass is 384 g/mol. The molecule has 2 heterocycles. The van der Waals surface area contributed by atoms with Crippen molar-refractivity contribution >= 4 is 23.2 Å². The zero-order valence-electron chi connectivity index (χ0n) is 15.3. The Bertz CT molecular complexity index is 975. The van der Waals surface area contributed by atoms with E-state index in [2.05, 4.69) is 10.3 Å². The number of aromatic nitrogens is 1. The first kappa shape index (κ1) is 18.8. The molecule has 0 saturated heterocycles. The molecule has 2 aromatic heterocycles. The van der Waals surface area contributed by atoms with E-state index in [1.165, 1.54) is 17.4 Å². The zero-order chi connectivity index (χ0) is 19.6. The quantitative estimate of drug-likeness (QED) is 0.654. The van der Waals surface area contributed by atoms with Gasteiger partial charge in [0.25, 0.3) is 5.91 Å². The van der Waals surface area contributed by atoms with E-state index in [0.29, 0.717) is 12.2 Å². The van der Waals surface area contributed by atoms with Crippen LogP contribution in [0.4, 0.5) is 0 Å². The summed E-state index contributed by atoms with van der Waals surface area (Å²) in [6.45, 7) is 5.56. The molecular formula is C20H20N2O4S. The lowest BCUT2D eigenvalue weighted by atomic mass is 10.2. The van der Waals surface area contributed by atoms with Gasteiger partial charge in [0, 0.05) is 18.1 Å². The van der Waals surface area contributed by atoms with Crippen molar-refractivity contribution in [1.29, 1.82) is 0 Å². The third kappa shape index (κ3) is 3.93. The molecule has 3 aromatic rings. The van der Waals surface area contributed by atoms with Crippen LogP contribution in [0.25, 0.3) is 10.6 Å². The molecule has 1 aromatic carbocycles. The fraction of sp³-hybridized carbons (Fsp3) is 0.250. The minimum atomic E-state index is -1.10. The lowest BCUT2D eigenvalue weighted by molar-refractivity contribution is 0.0694. The number of nitrogens with one attached hydrogen (secondary N) is 1. The smallest absolute Gasteiger partial charge is 0.339 e. The van der Waals surface area contributed by atoms with Crippen molar-refractivity contribution in [2.24, 2.45) is 0 Å². The Labute approximate surface area is 160 Å². The second-order valence-electron chi connectivity index (χ2n) is 6.14. The Hall–Kier alpha value is -2.93. The van der Waals surface area contributed by atoms with Crippen molar-refractivity contribution in [2.75, 3.05) is 0 Å².